The van der Waals surface area contributed by atoms with E-state index in [-0.39, 0.29) is 23.1 Å². The van der Waals surface area contributed by atoms with Crippen LogP contribution in [0.25, 0.3) is 22.2 Å². The lowest BCUT2D eigenvalue weighted by molar-refractivity contribution is 0.173. The predicted octanol–water partition coefficient (Wildman–Crippen LogP) is 4.07. The van der Waals surface area contributed by atoms with Gasteiger partial charge in [0.2, 0.25) is 0 Å². The third-order valence-corrected chi connectivity index (χ3v) is 5.54. The summed E-state index contributed by atoms with van der Waals surface area (Å²) in [5, 5.41) is -0.162. The molecule has 1 aromatic carbocycles. The minimum absolute atomic E-state index is 0.0245. The minimum Gasteiger partial charge on any atom is -0.489 e. The molecule has 0 saturated carbocycles. The summed E-state index contributed by atoms with van der Waals surface area (Å²) in [5.74, 6) is -1.14. The molecule has 2 N–H and O–H groups in total. The molecule has 6 nitrogen and oxygen atoms in total. The Hall–Kier alpha value is -2.58. The van der Waals surface area contributed by atoms with Gasteiger partial charge >= 0.3 is 0 Å². The molecule has 9 heteroatoms. The van der Waals surface area contributed by atoms with Crippen LogP contribution in [-0.4, -0.2) is 45.6 Å². The van der Waals surface area contributed by atoms with E-state index in [0.717, 1.165) is 19.2 Å². The van der Waals surface area contributed by atoms with Crippen LogP contribution in [0.1, 0.15) is 19.8 Å². The van der Waals surface area contributed by atoms with Gasteiger partial charge in [-0.3, -0.25) is 4.90 Å². The Morgan fingerprint density at radius 3 is 2.72 bits per heavy atom. The van der Waals surface area contributed by atoms with Crippen LogP contribution in [0.5, 0.6) is 5.75 Å². The van der Waals surface area contributed by atoms with Crippen molar-refractivity contribution in [2.24, 2.45) is 0 Å². The number of ether oxygens (including phenoxy) is 1. The van der Waals surface area contributed by atoms with Crippen molar-refractivity contribution in [2.75, 3.05) is 25.4 Å². The van der Waals surface area contributed by atoms with E-state index in [1.54, 1.807) is 0 Å². The van der Waals surface area contributed by atoms with Crippen molar-refractivity contribution in [1.29, 1.82) is 0 Å². The molecule has 1 atom stereocenters. The molecule has 1 saturated heterocycles. The Morgan fingerprint density at radius 1 is 1.21 bits per heavy atom. The highest BCUT2D eigenvalue weighted by Gasteiger charge is 2.22. The average Bonchev–Trinajstić information content (AvgIpc) is 3.26. The Bertz CT molecular complexity index is 1060. The van der Waals surface area contributed by atoms with Crippen molar-refractivity contribution < 1.29 is 13.5 Å². The number of benzene rings is 1. The van der Waals surface area contributed by atoms with Crippen LogP contribution < -0.4 is 10.5 Å². The summed E-state index contributed by atoms with van der Waals surface area (Å²) in [6, 6.07) is 2.58. The summed E-state index contributed by atoms with van der Waals surface area (Å²) in [4.78, 5) is 14.9. The molecule has 29 heavy (non-hydrogen) atoms. The number of fused-ring (bicyclic) bond motifs is 1. The summed E-state index contributed by atoms with van der Waals surface area (Å²) in [5.41, 5.74) is 6.60. The lowest BCUT2D eigenvalue weighted by Gasteiger charge is -2.24. The first-order valence-electron chi connectivity index (χ1n) is 9.37. The van der Waals surface area contributed by atoms with Crippen LogP contribution in [-0.2, 0) is 0 Å². The molecule has 0 spiro atoms. The first kappa shape index (κ1) is 19.7. The van der Waals surface area contributed by atoms with Crippen molar-refractivity contribution in [3.8, 4) is 17.0 Å². The molecule has 0 amide bonds. The fourth-order valence-electron chi connectivity index (χ4n) is 3.58. The summed E-state index contributed by atoms with van der Waals surface area (Å²) in [6.45, 7) is 4.66. The van der Waals surface area contributed by atoms with Gasteiger partial charge in [0, 0.05) is 11.6 Å². The van der Waals surface area contributed by atoms with Gasteiger partial charge in [-0.2, -0.15) is 0 Å². The molecular weight excluding hydrogens is 400 g/mol. The first-order valence-corrected chi connectivity index (χ1v) is 9.75. The Labute approximate surface area is 171 Å². The molecular formula is C20H20ClF2N5O. The summed E-state index contributed by atoms with van der Waals surface area (Å²) in [7, 11) is 0. The number of nitrogens with zero attached hydrogens (tertiary/aromatic N) is 4. The number of hydrogen-bond acceptors (Lipinski definition) is 6. The largest absolute Gasteiger partial charge is 0.489 e. The highest BCUT2D eigenvalue weighted by molar-refractivity contribution is 6.31. The highest BCUT2D eigenvalue weighted by atomic mass is 35.5. The maximum Gasteiger partial charge on any atom is 0.154 e. The maximum atomic E-state index is 14.6. The van der Waals surface area contributed by atoms with Gasteiger partial charge in [0.25, 0.3) is 0 Å². The topological polar surface area (TPSA) is 77.2 Å². The van der Waals surface area contributed by atoms with Crippen molar-refractivity contribution in [3.63, 3.8) is 0 Å². The number of nitrogen functional groups attached to an aromatic ring is 1. The number of pyridine rings is 1. The van der Waals surface area contributed by atoms with Gasteiger partial charge in [-0.1, -0.05) is 11.6 Å². The van der Waals surface area contributed by atoms with Crippen molar-refractivity contribution >= 4 is 28.3 Å². The minimum atomic E-state index is -0.908. The molecule has 1 fully saturated rings. The molecule has 1 aliphatic rings. The molecule has 3 aromatic rings. The molecule has 1 aliphatic heterocycles. The van der Waals surface area contributed by atoms with E-state index in [1.807, 2.05) is 0 Å². The van der Waals surface area contributed by atoms with Crippen LogP contribution in [0.3, 0.4) is 0 Å². The second kappa shape index (κ2) is 8.04. The Morgan fingerprint density at radius 2 is 1.97 bits per heavy atom. The summed E-state index contributed by atoms with van der Waals surface area (Å²) < 4.78 is 34.1. The zero-order chi connectivity index (χ0) is 20.5. The van der Waals surface area contributed by atoms with Gasteiger partial charge in [0.05, 0.1) is 17.3 Å². The second-order valence-electron chi connectivity index (χ2n) is 7.08. The second-order valence-corrected chi connectivity index (χ2v) is 7.46. The van der Waals surface area contributed by atoms with E-state index in [0.29, 0.717) is 23.3 Å². The molecule has 4 rings (SSSR count). The maximum absolute atomic E-state index is 14.6. The van der Waals surface area contributed by atoms with Crippen molar-refractivity contribution in [1.82, 2.24) is 19.9 Å². The summed E-state index contributed by atoms with van der Waals surface area (Å²) in [6.07, 6.45) is 5.11. The highest BCUT2D eigenvalue weighted by Crippen LogP contribution is 2.36. The van der Waals surface area contributed by atoms with Gasteiger partial charge in [0.1, 0.15) is 35.1 Å². The SMILES string of the molecule is C[C@@H](COc1cnc(-c2ccc(F)c(Cl)c2F)c2ncnc(N)c12)N1CCCC1. The van der Waals surface area contributed by atoms with Crippen LogP contribution >= 0.6 is 11.6 Å². The van der Waals surface area contributed by atoms with E-state index in [1.165, 1.54) is 31.4 Å². The van der Waals surface area contributed by atoms with Gasteiger partial charge in [-0.05, 0) is 45.0 Å². The quantitative estimate of drug-likeness (QED) is 0.628. The van der Waals surface area contributed by atoms with Crippen LogP contribution in [0.2, 0.25) is 5.02 Å². The van der Waals surface area contributed by atoms with E-state index in [9.17, 15) is 8.78 Å². The van der Waals surface area contributed by atoms with Crippen molar-refractivity contribution in [2.45, 2.75) is 25.8 Å². The number of halogens is 3. The molecule has 0 unspecified atom stereocenters. The molecule has 152 valence electrons. The van der Waals surface area contributed by atoms with E-state index >= 15 is 0 Å². The fraction of sp³-hybridized carbons (Fsp3) is 0.350. The molecule has 0 bridgehead atoms. The van der Waals surface area contributed by atoms with Crippen LogP contribution in [0, 0.1) is 11.6 Å². The number of hydrogen-bond donors (Lipinski definition) is 1. The van der Waals surface area contributed by atoms with E-state index < -0.39 is 16.7 Å². The lowest BCUT2D eigenvalue weighted by atomic mass is 10.1. The van der Waals surface area contributed by atoms with E-state index in [2.05, 4.69) is 26.8 Å². The lowest BCUT2D eigenvalue weighted by Crippen LogP contribution is -2.34. The van der Waals surface area contributed by atoms with Crippen molar-refractivity contribution in [3.05, 3.63) is 41.3 Å². The standard InChI is InChI=1S/C20H20ClF2N5O/c1-11(28-6-2-3-7-28)9-29-14-8-25-18(19-15(14)20(24)27-10-26-19)12-4-5-13(22)16(21)17(12)23/h4-5,8,10-11H,2-3,6-7,9H2,1H3,(H2,24,26,27)/t11-/m0/s1. The number of rotatable bonds is 5. The van der Waals surface area contributed by atoms with Gasteiger partial charge in [-0.15, -0.1) is 0 Å². The number of anilines is 1. The third kappa shape index (κ3) is 3.70. The monoisotopic (exact) mass is 419 g/mol. The molecule has 3 heterocycles. The zero-order valence-electron chi connectivity index (χ0n) is 15.8. The van der Waals surface area contributed by atoms with Gasteiger partial charge in [0.15, 0.2) is 11.6 Å². The molecule has 0 radical (unpaired) electrons. The van der Waals surface area contributed by atoms with Crippen LogP contribution in [0.15, 0.2) is 24.7 Å². The first-order chi connectivity index (χ1) is 14.0. The third-order valence-electron chi connectivity index (χ3n) is 5.19. The summed E-state index contributed by atoms with van der Waals surface area (Å²) >= 11 is 5.73. The zero-order valence-corrected chi connectivity index (χ0v) is 16.6. The number of likely N-dealkylation sites (tertiary alicyclic amines) is 1. The number of nitrogens with two attached hydrogens (primary N) is 1. The fourth-order valence-corrected chi connectivity index (χ4v) is 3.75. The van der Waals surface area contributed by atoms with Gasteiger partial charge < -0.3 is 10.5 Å². The normalized spacial score (nSPS) is 15.7. The smallest absolute Gasteiger partial charge is 0.154 e. The molecule has 0 aliphatic carbocycles. The average molecular weight is 420 g/mol. The molecule has 2 aromatic heterocycles. The van der Waals surface area contributed by atoms with Crippen LogP contribution in [0.4, 0.5) is 14.6 Å². The van der Waals surface area contributed by atoms with E-state index in [4.69, 9.17) is 22.1 Å². The Balaban J connectivity index is 1.73. The van der Waals surface area contributed by atoms with Gasteiger partial charge in [-0.25, -0.2) is 23.7 Å². The predicted molar refractivity (Wildman–Crippen MR) is 108 cm³/mol. The Kier molecular flexibility index (Phi) is 5.47. The number of aromatic nitrogens is 3.